The second-order valence-corrected chi connectivity index (χ2v) is 5.88. The minimum absolute atomic E-state index is 0.0998. The van der Waals surface area contributed by atoms with Gasteiger partial charge in [-0.05, 0) is 43.7 Å². The minimum atomic E-state index is -0.269. The quantitative estimate of drug-likeness (QED) is 0.406. The first-order valence-electron chi connectivity index (χ1n) is 8.70. The van der Waals surface area contributed by atoms with Crippen LogP contribution < -0.4 is 16.0 Å². The molecule has 0 heterocycles. The molecular formula is C20H25FN4O. The monoisotopic (exact) mass is 356 g/mol. The number of carbonyl (C=O) groups is 1. The summed E-state index contributed by atoms with van der Waals surface area (Å²) in [7, 11) is 0. The van der Waals surface area contributed by atoms with Crippen molar-refractivity contribution in [2.45, 2.75) is 20.4 Å². The van der Waals surface area contributed by atoms with E-state index in [1.54, 1.807) is 12.1 Å². The molecule has 2 aromatic rings. The molecule has 3 N–H and O–H groups in total. The molecule has 0 bridgehead atoms. The number of aliphatic imine (C=N–C) groups is 1. The van der Waals surface area contributed by atoms with Crippen molar-refractivity contribution in [2.75, 3.05) is 19.6 Å². The summed E-state index contributed by atoms with van der Waals surface area (Å²) in [6.07, 6.45) is 0. The molecule has 0 aromatic heterocycles. The molecule has 5 nitrogen and oxygen atoms in total. The Bertz CT molecular complexity index is 761. The van der Waals surface area contributed by atoms with Crippen LogP contribution in [0.3, 0.4) is 0 Å². The predicted molar refractivity (Wildman–Crippen MR) is 103 cm³/mol. The number of amides is 1. The molecule has 1 amide bonds. The number of hydrogen-bond donors (Lipinski definition) is 3. The lowest BCUT2D eigenvalue weighted by Crippen LogP contribution is -2.41. The van der Waals surface area contributed by atoms with E-state index in [1.165, 1.54) is 12.1 Å². The molecule has 0 unspecified atom stereocenters. The van der Waals surface area contributed by atoms with Gasteiger partial charge < -0.3 is 16.0 Å². The van der Waals surface area contributed by atoms with Gasteiger partial charge in [-0.25, -0.2) is 9.38 Å². The van der Waals surface area contributed by atoms with Crippen molar-refractivity contribution in [3.63, 3.8) is 0 Å². The number of aryl methyl sites for hydroxylation is 1. The van der Waals surface area contributed by atoms with Crippen LogP contribution in [-0.4, -0.2) is 31.5 Å². The largest absolute Gasteiger partial charge is 0.357 e. The predicted octanol–water partition coefficient (Wildman–Crippen LogP) is 2.62. The van der Waals surface area contributed by atoms with Crippen molar-refractivity contribution in [2.24, 2.45) is 4.99 Å². The third-order valence-corrected chi connectivity index (χ3v) is 3.64. The molecule has 26 heavy (non-hydrogen) atoms. The van der Waals surface area contributed by atoms with Gasteiger partial charge in [-0.1, -0.05) is 29.8 Å². The molecular weight excluding hydrogens is 331 g/mol. The third kappa shape index (κ3) is 6.55. The fourth-order valence-electron chi connectivity index (χ4n) is 2.39. The lowest BCUT2D eigenvalue weighted by molar-refractivity contribution is 0.0954. The molecule has 0 saturated carbocycles. The topological polar surface area (TPSA) is 65.5 Å². The standard InChI is InChI=1S/C20H25FN4O/c1-3-22-20(25-14-16-7-5-9-18(21)13-16)24-11-10-23-19(26)17-8-4-6-15(2)12-17/h4-9,12-13H,3,10-11,14H2,1-2H3,(H,23,26)(H2,22,24,25). The third-order valence-electron chi connectivity index (χ3n) is 3.64. The van der Waals surface area contributed by atoms with Crippen molar-refractivity contribution in [3.8, 4) is 0 Å². The van der Waals surface area contributed by atoms with E-state index in [-0.39, 0.29) is 11.7 Å². The number of guanidine groups is 1. The van der Waals surface area contributed by atoms with Crippen molar-refractivity contribution < 1.29 is 9.18 Å². The summed E-state index contributed by atoms with van der Waals surface area (Å²) in [5.41, 5.74) is 2.50. The number of hydrogen-bond acceptors (Lipinski definition) is 2. The highest BCUT2D eigenvalue weighted by Gasteiger charge is 2.04. The van der Waals surface area contributed by atoms with E-state index in [2.05, 4.69) is 20.9 Å². The molecule has 2 aromatic carbocycles. The fraction of sp³-hybridized carbons (Fsp3) is 0.300. The van der Waals surface area contributed by atoms with Crippen LogP contribution in [0.1, 0.15) is 28.4 Å². The number of benzene rings is 2. The summed E-state index contributed by atoms with van der Waals surface area (Å²) in [6, 6.07) is 13.8. The van der Waals surface area contributed by atoms with E-state index in [4.69, 9.17) is 0 Å². The molecule has 0 saturated heterocycles. The summed E-state index contributed by atoms with van der Waals surface area (Å²) < 4.78 is 13.2. The van der Waals surface area contributed by atoms with Gasteiger partial charge in [-0.3, -0.25) is 4.79 Å². The SMILES string of the molecule is CCNC(=NCc1cccc(F)c1)NCCNC(=O)c1cccc(C)c1. The number of halogens is 1. The van der Waals surface area contributed by atoms with Crippen molar-refractivity contribution >= 4 is 11.9 Å². The van der Waals surface area contributed by atoms with Gasteiger partial charge in [0.1, 0.15) is 5.82 Å². The summed E-state index contributed by atoms with van der Waals surface area (Å²) >= 11 is 0. The zero-order valence-electron chi connectivity index (χ0n) is 15.2. The Morgan fingerprint density at radius 1 is 1.04 bits per heavy atom. The normalized spacial score (nSPS) is 11.1. The van der Waals surface area contributed by atoms with E-state index >= 15 is 0 Å². The second-order valence-electron chi connectivity index (χ2n) is 5.88. The summed E-state index contributed by atoms with van der Waals surface area (Å²) in [5.74, 6) is 0.258. The molecule has 2 rings (SSSR count). The lowest BCUT2D eigenvalue weighted by Gasteiger charge is -2.12. The molecule has 0 aliphatic carbocycles. The van der Waals surface area contributed by atoms with Crippen LogP contribution >= 0.6 is 0 Å². The van der Waals surface area contributed by atoms with Gasteiger partial charge in [-0.2, -0.15) is 0 Å². The molecule has 0 atom stereocenters. The Hall–Kier alpha value is -2.89. The molecule has 138 valence electrons. The van der Waals surface area contributed by atoms with E-state index in [1.807, 2.05) is 38.1 Å². The lowest BCUT2D eigenvalue weighted by atomic mass is 10.1. The van der Waals surface area contributed by atoms with E-state index < -0.39 is 0 Å². The van der Waals surface area contributed by atoms with Gasteiger partial charge in [-0.15, -0.1) is 0 Å². The first kappa shape index (κ1) is 19.4. The average Bonchev–Trinajstić information content (AvgIpc) is 2.63. The van der Waals surface area contributed by atoms with Crippen LogP contribution in [0.5, 0.6) is 0 Å². The van der Waals surface area contributed by atoms with Crippen LogP contribution in [0.2, 0.25) is 0 Å². The Kier molecular flexibility index (Phi) is 7.61. The van der Waals surface area contributed by atoms with Gasteiger partial charge in [0.25, 0.3) is 5.91 Å². The highest BCUT2D eigenvalue weighted by atomic mass is 19.1. The molecule has 6 heteroatoms. The highest BCUT2D eigenvalue weighted by Crippen LogP contribution is 2.05. The Morgan fingerprint density at radius 2 is 1.81 bits per heavy atom. The second kappa shape index (κ2) is 10.2. The maximum Gasteiger partial charge on any atom is 0.251 e. The van der Waals surface area contributed by atoms with Crippen LogP contribution in [0.15, 0.2) is 53.5 Å². The molecule has 0 aliphatic rings. The van der Waals surface area contributed by atoms with Crippen molar-refractivity contribution in [3.05, 3.63) is 71.0 Å². The van der Waals surface area contributed by atoms with E-state index in [9.17, 15) is 9.18 Å². The number of nitrogens with zero attached hydrogens (tertiary/aromatic N) is 1. The van der Waals surface area contributed by atoms with Gasteiger partial charge >= 0.3 is 0 Å². The van der Waals surface area contributed by atoms with Gasteiger partial charge in [0.15, 0.2) is 5.96 Å². The van der Waals surface area contributed by atoms with E-state index in [0.29, 0.717) is 37.7 Å². The first-order chi connectivity index (χ1) is 12.6. The van der Waals surface area contributed by atoms with Crippen LogP contribution in [0.4, 0.5) is 4.39 Å². The van der Waals surface area contributed by atoms with Crippen LogP contribution in [-0.2, 0) is 6.54 Å². The molecule has 0 radical (unpaired) electrons. The molecule has 0 fully saturated rings. The number of nitrogens with one attached hydrogen (secondary N) is 3. The summed E-state index contributed by atoms with van der Waals surface area (Å²) in [4.78, 5) is 16.5. The number of carbonyl (C=O) groups excluding carboxylic acids is 1. The van der Waals surface area contributed by atoms with Crippen LogP contribution in [0, 0.1) is 12.7 Å². The summed E-state index contributed by atoms with van der Waals surface area (Å²) in [6.45, 7) is 6.02. The Labute approximate surface area is 153 Å². The maximum atomic E-state index is 13.2. The van der Waals surface area contributed by atoms with Gasteiger partial charge in [0.2, 0.25) is 0 Å². The molecule has 0 aliphatic heterocycles. The summed E-state index contributed by atoms with van der Waals surface area (Å²) in [5, 5.41) is 9.15. The smallest absolute Gasteiger partial charge is 0.251 e. The van der Waals surface area contributed by atoms with Crippen molar-refractivity contribution in [1.82, 2.24) is 16.0 Å². The van der Waals surface area contributed by atoms with Crippen LogP contribution in [0.25, 0.3) is 0 Å². The fourth-order valence-corrected chi connectivity index (χ4v) is 2.39. The first-order valence-corrected chi connectivity index (χ1v) is 8.70. The molecule has 0 spiro atoms. The van der Waals surface area contributed by atoms with Gasteiger partial charge in [0.05, 0.1) is 6.54 Å². The zero-order chi connectivity index (χ0) is 18.8. The minimum Gasteiger partial charge on any atom is -0.357 e. The van der Waals surface area contributed by atoms with Crippen molar-refractivity contribution in [1.29, 1.82) is 0 Å². The maximum absolute atomic E-state index is 13.2. The Balaban J connectivity index is 1.80. The zero-order valence-corrected chi connectivity index (χ0v) is 15.2. The van der Waals surface area contributed by atoms with Gasteiger partial charge in [0, 0.05) is 25.2 Å². The average molecular weight is 356 g/mol. The number of rotatable bonds is 7. The van der Waals surface area contributed by atoms with E-state index in [0.717, 1.165) is 11.1 Å². The highest BCUT2D eigenvalue weighted by molar-refractivity contribution is 5.94. The Morgan fingerprint density at radius 3 is 2.54 bits per heavy atom.